The van der Waals surface area contributed by atoms with Crippen molar-refractivity contribution < 1.29 is 14.3 Å². The Kier molecular flexibility index (Phi) is 6.11. The maximum atomic E-state index is 11.5. The van der Waals surface area contributed by atoms with Gasteiger partial charge in [-0.05, 0) is 62.4 Å². The van der Waals surface area contributed by atoms with Crippen LogP contribution >= 0.6 is 0 Å². The number of hydrogen-bond acceptors (Lipinski definition) is 5. The first kappa shape index (κ1) is 20.6. The van der Waals surface area contributed by atoms with E-state index >= 15 is 0 Å². The summed E-state index contributed by atoms with van der Waals surface area (Å²) in [5, 5.41) is 2.95. The van der Waals surface area contributed by atoms with Crippen molar-refractivity contribution in [1.82, 2.24) is 15.1 Å². The van der Waals surface area contributed by atoms with E-state index in [2.05, 4.69) is 27.8 Å². The van der Waals surface area contributed by atoms with E-state index in [1.165, 1.54) is 31.9 Å². The lowest BCUT2D eigenvalue weighted by Crippen LogP contribution is -2.79. The van der Waals surface area contributed by atoms with Crippen LogP contribution < -0.4 is 5.32 Å². The van der Waals surface area contributed by atoms with Gasteiger partial charge in [-0.25, -0.2) is 0 Å². The second-order valence-corrected chi connectivity index (χ2v) is 9.18. The molecule has 0 aromatic carbocycles. The molecule has 160 valence electrons. The highest BCUT2D eigenvalue weighted by Gasteiger charge is 2.60. The maximum Gasteiger partial charge on any atom is 0.302 e. The summed E-state index contributed by atoms with van der Waals surface area (Å²) >= 11 is 0. The summed E-state index contributed by atoms with van der Waals surface area (Å²) in [6, 6.07) is 1.62. The molecule has 6 nitrogen and oxygen atoms in total. The van der Waals surface area contributed by atoms with E-state index in [1.807, 2.05) is 6.20 Å². The van der Waals surface area contributed by atoms with Crippen LogP contribution in [0.5, 0.6) is 0 Å². The standard InChI is InChI=1S/C23H35N3O3/c1-4-7-21-19-12-18-14-25(21)22-10-9-17(13-24-15(2)27)23(19)26(22)20(18)8-5-6-11-29-16(3)28/h4,13,18-23H,1,5-12,14H2,2-3H3,(H,24,27). The summed E-state index contributed by atoms with van der Waals surface area (Å²) in [5.74, 6) is 1.17. The Labute approximate surface area is 174 Å². The fraction of sp³-hybridized carbons (Fsp3) is 0.739. The number of esters is 1. The van der Waals surface area contributed by atoms with Crippen LogP contribution in [0.3, 0.4) is 0 Å². The van der Waals surface area contributed by atoms with Gasteiger partial charge in [-0.2, -0.15) is 0 Å². The maximum absolute atomic E-state index is 11.5. The van der Waals surface area contributed by atoms with Gasteiger partial charge in [-0.15, -0.1) is 6.58 Å². The summed E-state index contributed by atoms with van der Waals surface area (Å²) in [6.45, 7) is 8.82. The highest BCUT2D eigenvalue weighted by Crippen LogP contribution is 2.55. The smallest absolute Gasteiger partial charge is 0.302 e. The van der Waals surface area contributed by atoms with Crippen LogP contribution in [0.15, 0.2) is 24.4 Å². The van der Waals surface area contributed by atoms with Gasteiger partial charge in [0.2, 0.25) is 5.91 Å². The van der Waals surface area contributed by atoms with Crippen molar-refractivity contribution in [2.75, 3.05) is 13.2 Å². The van der Waals surface area contributed by atoms with E-state index in [9.17, 15) is 9.59 Å². The van der Waals surface area contributed by atoms with Crippen molar-refractivity contribution in [2.24, 2.45) is 11.8 Å². The average molecular weight is 402 g/mol. The third-order valence-corrected chi connectivity index (χ3v) is 7.46. The van der Waals surface area contributed by atoms with Gasteiger partial charge < -0.3 is 10.1 Å². The second-order valence-electron chi connectivity index (χ2n) is 9.18. The molecule has 5 aliphatic rings. The van der Waals surface area contributed by atoms with Gasteiger partial charge in [0.15, 0.2) is 0 Å². The van der Waals surface area contributed by atoms with Crippen LogP contribution in [0.25, 0.3) is 0 Å². The minimum Gasteiger partial charge on any atom is -0.466 e. The molecule has 6 heteroatoms. The molecule has 0 spiro atoms. The topological polar surface area (TPSA) is 61.9 Å². The molecule has 0 aromatic heterocycles. The molecule has 0 aliphatic carbocycles. The quantitative estimate of drug-likeness (QED) is 0.385. The number of ether oxygens (including phenoxy) is 1. The van der Waals surface area contributed by atoms with Crippen molar-refractivity contribution >= 4 is 11.9 Å². The monoisotopic (exact) mass is 401 g/mol. The SMILES string of the molecule is C=CCC1C2CC3CN1C1CCC(=CNC(C)=O)C2N1C3CCCCOC(C)=O. The van der Waals surface area contributed by atoms with Crippen molar-refractivity contribution in [3.63, 3.8) is 0 Å². The second kappa shape index (κ2) is 8.60. The lowest BCUT2D eigenvalue weighted by molar-refractivity contribution is -0.220. The molecule has 5 fully saturated rings. The minimum absolute atomic E-state index is 0.00634. The van der Waals surface area contributed by atoms with E-state index in [1.54, 1.807) is 6.92 Å². The summed E-state index contributed by atoms with van der Waals surface area (Å²) < 4.78 is 5.12. The highest BCUT2D eigenvalue weighted by molar-refractivity contribution is 5.74. The van der Waals surface area contributed by atoms with Gasteiger partial charge in [0.05, 0.1) is 12.8 Å². The number of amides is 1. The molecule has 29 heavy (non-hydrogen) atoms. The van der Waals surface area contributed by atoms with Gasteiger partial charge in [-0.3, -0.25) is 19.4 Å². The lowest BCUT2D eigenvalue weighted by Gasteiger charge is -2.70. The summed E-state index contributed by atoms with van der Waals surface area (Å²) in [6.07, 6.45) is 12.3. The van der Waals surface area contributed by atoms with Gasteiger partial charge in [0.25, 0.3) is 0 Å². The normalized spacial score (nSPS) is 40.7. The Bertz CT molecular complexity index is 691. The first-order valence-corrected chi connectivity index (χ1v) is 11.2. The van der Waals surface area contributed by atoms with Gasteiger partial charge in [-0.1, -0.05) is 6.08 Å². The molecule has 5 aliphatic heterocycles. The average Bonchev–Trinajstić information content (AvgIpc) is 2.68. The number of piperidine rings is 3. The lowest BCUT2D eigenvalue weighted by atomic mass is 9.62. The molecular weight excluding hydrogens is 366 g/mol. The first-order chi connectivity index (χ1) is 14.0. The van der Waals surface area contributed by atoms with Crippen LogP contribution in [-0.4, -0.2) is 59.1 Å². The first-order valence-electron chi connectivity index (χ1n) is 11.2. The Balaban J connectivity index is 1.52. The van der Waals surface area contributed by atoms with Crippen LogP contribution in [0.4, 0.5) is 0 Å². The van der Waals surface area contributed by atoms with Crippen molar-refractivity contribution in [3.05, 3.63) is 24.4 Å². The largest absolute Gasteiger partial charge is 0.466 e. The molecule has 0 saturated carbocycles. The van der Waals surface area contributed by atoms with Crippen molar-refractivity contribution in [2.45, 2.75) is 83.1 Å². The number of nitrogens with zero attached hydrogens (tertiary/aromatic N) is 2. The molecule has 8 atom stereocenters. The number of unbranched alkanes of at least 4 members (excludes halogenated alkanes) is 1. The zero-order valence-electron chi connectivity index (χ0n) is 17.8. The van der Waals surface area contributed by atoms with E-state index < -0.39 is 0 Å². The van der Waals surface area contributed by atoms with Gasteiger partial charge in [0, 0.05) is 44.7 Å². The number of rotatable bonds is 8. The molecule has 0 radical (unpaired) electrons. The van der Waals surface area contributed by atoms with Crippen LogP contribution in [-0.2, 0) is 14.3 Å². The highest BCUT2D eigenvalue weighted by atomic mass is 16.5. The van der Waals surface area contributed by atoms with Crippen molar-refractivity contribution in [3.8, 4) is 0 Å². The molecule has 0 aromatic rings. The zero-order chi connectivity index (χ0) is 20.5. The van der Waals surface area contributed by atoms with E-state index in [0.29, 0.717) is 36.8 Å². The Morgan fingerprint density at radius 3 is 2.83 bits per heavy atom. The van der Waals surface area contributed by atoms with Crippen LogP contribution in [0, 0.1) is 11.8 Å². The van der Waals surface area contributed by atoms with Gasteiger partial charge >= 0.3 is 5.97 Å². The Hall–Kier alpha value is -1.66. The van der Waals surface area contributed by atoms with Crippen LogP contribution in [0.2, 0.25) is 0 Å². The van der Waals surface area contributed by atoms with E-state index in [-0.39, 0.29) is 11.9 Å². The Morgan fingerprint density at radius 1 is 1.28 bits per heavy atom. The molecule has 5 saturated heterocycles. The van der Waals surface area contributed by atoms with E-state index in [0.717, 1.165) is 38.0 Å². The summed E-state index contributed by atoms with van der Waals surface area (Å²) in [4.78, 5) is 28.1. The predicted molar refractivity (Wildman–Crippen MR) is 112 cm³/mol. The number of carbonyl (C=O) groups is 2. The van der Waals surface area contributed by atoms with E-state index in [4.69, 9.17) is 4.74 Å². The molecular formula is C23H35N3O3. The molecule has 1 amide bonds. The number of nitrogens with one attached hydrogen (secondary N) is 1. The summed E-state index contributed by atoms with van der Waals surface area (Å²) in [5.41, 5.74) is 1.40. The minimum atomic E-state index is -0.188. The number of carbonyl (C=O) groups excluding carboxylic acids is 2. The number of hydrogen-bond donors (Lipinski definition) is 1. The molecule has 6 bridgehead atoms. The van der Waals surface area contributed by atoms with Crippen molar-refractivity contribution in [1.29, 1.82) is 0 Å². The predicted octanol–water partition coefficient (Wildman–Crippen LogP) is 2.81. The third kappa shape index (κ3) is 3.89. The fourth-order valence-corrected chi connectivity index (χ4v) is 6.56. The van der Waals surface area contributed by atoms with Crippen LogP contribution in [0.1, 0.15) is 58.8 Å². The molecule has 5 rings (SSSR count). The molecule has 5 heterocycles. The fourth-order valence-electron chi connectivity index (χ4n) is 6.56. The van der Waals surface area contributed by atoms with Gasteiger partial charge in [0.1, 0.15) is 0 Å². The molecule has 8 unspecified atom stereocenters. The third-order valence-electron chi connectivity index (χ3n) is 7.46. The zero-order valence-corrected chi connectivity index (χ0v) is 17.8. The molecule has 1 N–H and O–H groups in total. The Morgan fingerprint density at radius 2 is 2.10 bits per heavy atom. The summed E-state index contributed by atoms with van der Waals surface area (Å²) in [7, 11) is 0.